The molecule has 148 valence electrons. The van der Waals surface area contributed by atoms with E-state index in [2.05, 4.69) is 53.8 Å². The molecule has 0 radical (unpaired) electrons. The number of nitrogens with one attached hydrogen (secondary N) is 1. The van der Waals surface area contributed by atoms with E-state index in [1.807, 2.05) is 48.5 Å². The van der Waals surface area contributed by atoms with Crippen molar-refractivity contribution in [2.75, 3.05) is 5.32 Å². The van der Waals surface area contributed by atoms with Crippen molar-refractivity contribution < 1.29 is 4.79 Å². The van der Waals surface area contributed by atoms with Crippen LogP contribution >= 0.6 is 0 Å². The summed E-state index contributed by atoms with van der Waals surface area (Å²) in [4.78, 5) is 12.5. The number of carbonyl (C=O) groups excluding carboxylic acids is 1. The molecule has 0 aliphatic heterocycles. The van der Waals surface area contributed by atoms with Crippen LogP contribution in [0.25, 0.3) is 10.8 Å². The van der Waals surface area contributed by atoms with Gasteiger partial charge in [0, 0.05) is 17.1 Å². The van der Waals surface area contributed by atoms with Crippen molar-refractivity contribution in [2.45, 2.75) is 24.3 Å². The molecule has 0 heterocycles. The van der Waals surface area contributed by atoms with E-state index >= 15 is 0 Å². The number of amides is 1. The van der Waals surface area contributed by atoms with Gasteiger partial charge in [0.1, 0.15) is 0 Å². The molecule has 5 rings (SSSR count). The van der Waals surface area contributed by atoms with Gasteiger partial charge in [0.25, 0.3) is 0 Å². The molecule has 1 amide bonds. The van der Waals surface area contributed by atoms with Crippen molar-refractivity contribution >= 4 is 22.4 Å². The van der Waals surface area contributed by atoms with Gasteiger partial charge in [-0.3, -0.25) is 4.79 Å². The molecule has 3 N–H and O–H groups in total. The minimum Gasteiger partial charge on any atom is -0.326 e. The number of anilines is 1. The second kappa shape index (κ2) is 7.43. The maximum absolute atomic E-state index is 12.5. The number of hydrogen-bond acceptors (Lipinski definition) is 2. The zero-order chi connectivity index (χ0) is 20.6. The van der Waals surface area contributed by atoms with Gasteiger partial charge in [-0.1, -0.05) is 84.9 Å². The summed E-state index contributed by atoms with van der Waals surface area (Å²) >= 11 is 0. The quantitative estimate of drug-likeness (QED) is 0.480. The molecule has 0 bridgehead atoms. The molecular formula is C27H24N2O. The van der Waals surface area contributed by atoms with E-state index in [-0.39, 0.29) is 11.4 Å². The summed E-state index contributed by atoms with van der Waals surface area (Å²) in [5.74, 6) is 0.309. The van der Waals surface area contributed by atoms with E-state index in [9.17, 15) is 4.79 Å². The van der Waals surface area contributed by atoms with Crippen LogP contribution in [0.15, 0.2) is 97.1 Å². The van der Waals surface area contributed by atoms with Crippen LogP contribution in [0, 0.1) is 0 Å². The molecule has 0 spiro atoms. The highest BCUT2D eigenvalue weighted by Gasteiger charge is 2.52. The van der Waals surface area contributed by atoms with Crippen molar-refractivity contribution in [3.05, 3.63) is 114 Å². The van der Waals surface area contributed by atoms with E-state index in [1.165, 1.54) is 16.5 Å². The summed E-state index contributed by atoms with van der Waals surface area (Å²) in [5.41, 5.74) is 10.6. The van der Waals surface area contributed by atoms with Gasteiger partial charge >= 0.3 is 0 Å². The predicted octanol–water partition coefficient (Wildman–Crippen LogP) is 5.36. The van der Waals surface area contributed by atoms with E-state index in [0.717, 1.165) is 23.1 Å². The average Bonchev–Trinajstić information content (AvgIpc) is 3.47. The van der Waals surface area contributed by atoms with E-state index in [1.54, 1.807) is 0 Å². The van der Waals surface area contributed by atoms with Crippen LogP contribution in [0.1, 0.15) is 29.0 Å². The highest BCUT2D eigenvalue weighted by molar-refractivity contribution is 5.93. The van der Waals surface area contributed by atoms with Gasteiger partial charge in [-0.05, 0) is 46.0 Å². The monoisotopic (exact) mass is 392 g/mol. The summed E-state index contributed by atoms with van der Waals surface area (Å²) in [6.07, 6.45) is 1.31. The molecule has 1 aliphatic carbocycles. The highest BCUT2D eigenvalue weighted by Crippen LogP contribution is 2.56. The lowest BCUT2D eigenvalue weighted by Gasteiger charge is -2.13. The van der Waals surface area contributed by atoms with Crippen molar-refractivity contribution in [3.8, 4) is 0 Å². The van der Waals surface area contributed by atoms with Gasteiger partial charge in [-0.25, -0.2) is 0 Å². The number of hydrogen-bond donors (Lipinski definition) is 2. The third-order valence-corrected chi connectivity index (χ3v) is 6.09. The first-order chi connectivity index (χ1) is 14.6. The van der Waals surface area contributed by atoms with Gasteiger partial charge < -0.3 is 11.1 Å². The molecule has 0 aromatic heterocycles. The molecule has 30 heavy (non-hydrogen) atoms. The summed E-state index contributed by atoms with van der Waals surface area (Å²) < 4.78 is 0. The summed E-state index contributed by atoms with van der Waals surface area (Å²) in [5, 5.41) is 5.34. The Morgan fingerprint density at radius 1 is 0.867 bits per heavy atom. The van der Waals surface area contributed by atoms with E-state index in [0.29, 0.717) is 12.3 Å². The predicted molar refractivity (Wildman–Crippen MR) is 122 cm³/mol. The Morgan fingerprint density at radius 2 is 1.57 bits per heavy atom. The Hall–Kier alpha value is -3.43. The Labute approximate surface area is 176 Å². The fourth-order valence-electron chi connectivity index (χ4n) is 4.30. The fraction of sp³-hybridized carbons (Fsp3) is 0.148. The number of benzene rings is 4. The van der Waals surface area contributed by atoms with Crippen LogP contribution < -0.4 is 11.1 Å². The normalized spacial score (nSPS) is 20.1. The second-order valence-corrected chi connectivity index (χ2v) is 8.19. The zero-order valence-corrected chi connectivity index (χ0v) is 16.7. The van der Waals surface area contributed by atoms with Crippen molar-refractivity contribution in [1.82, 2.24) is 0 Å². The minimum absolute atomic E-state index is 0.0121. The van der Waals surface area contributed by atoms with Crippen LogP contribution in [0.5, 0.6) is 0 Å². The Morgan fingerprint density at radius 3 is 2.33 bits per heavy atom. The number of fused-ring (bicyclic) bond motifs is 1. The molecule has 1 fully saturated rings. The molecule has 3 heteroatoms. The van der Waals surface area contributed by atoms with Crippen LogP contribution in [0.2, 0.25) is 0 Å². The number of rotatable bonds is 5. The topological polar surface area (TPSA) is 55.1 Å². The molecule has 4 aromatic rings. The van der Waals surface area contributed by atoms with Gasteiger partial charge in [0.05, 0.1) is 6.42 Å². The van der Waals surface area contributed by atoms with Gasteiger partial charge in [-0.15, -0.1) is 0 Å². The molecule has 1 saturated carbocycles. The lowest BCUT2D eigenvalue weighted by atomic mass is 9.99. The Kier molecular flexibility index (Phi) is 4.61. The average molecular weight is 393 g/mol. The Balaban J connectivity index is 1.23. The van der Waals surface area contributed by atoms with E-state index < -0.39 is 0 Å². The van der Waals surface area contributed by atoms with Gasteiger partial charge in [0.2, 0.25) is 5.91 Å². The largest absolute Gasteiger partial charge is 0.326 e. The molecule has 2 atom stereocenters. The first-order valence-electron chi connectivity index (χ1n) is 10.3. The third kappa shape index (κ3) is 3.60. The van der Waals surface area contributed by atoms with Crippen LogP contribution in [0.4, 0.5) is 5.69 Å². The maximum atomic E-state index is 12.5. The third-order valence-electron chi connectivity index (χ3n) is 6.09. The summed E-state index contributed by atoms with van der Waals surface area (Å²) in [7, 11) is 0. The second-order valence-electron chi connectivity index (χ2n) is 8.19. The lowest BCUT2D eigenvalue weighted by Crippen LogP contribution is -2.21. The number of carbonyl (C=O) groups is 1. The minimum atomic E-state index is -0.276. The molecule has 2 unspecified atom stereocenters. The van der Waals surface area contributed by atoms with Crippen LogP contribution in [0.3, 0.4) is 0 Å². The number of nitrogens with two attached hydrogens (primary N) is 1. The van der Waals surface area contributed by atoms with Crippen LogP contribution in [-0.4, -0.2) is 5.91 Å². The molecule has 4 aromatic carbocycles. The smallest absolute Gasteiger partial charge is 0.228 e. The van der Waals surface area contributed by atoms with Crippen molar-refractivity contribution in [1.29, 1.82) is 0 Å². The van der Waals surface area contributed by atoms with E-state index in [4.69, 9.17) is 5.73 Å². The fourth-order valence-corrected chi connectivity index (χ4v) is 4.30. The van der Waals surface area contributed by atoms with Crippen molar-refractivity contribution in [3.63, 3.8) is 0 Å². The maximum Gasteiger partial charge on any atom is 0.228 e. The molecule has 3 nitrogen and oxygen atoms in total. The SMILES string of the molecule is NC1(c2ccccc2)CC1c1ccc(NC(=O)Cc2ccc3ccccc3c2)cc1. The Bertz CT molecular complexity index is 1200. The van der Waals surface area contributed by atoms with Gasteiger partial charge in [-0.2, -0.15) is 0 Å². The molecule has 1 aliphatic rings. The zero-order valence-electron chi connectivity index (χ0n) is 16.7. The van der Waals surface area contributed by atoms with Crippen LogP contribution in [-0.2, 0) is 16.8 Å². The summed E-state index contributed by atoms with van der Waals surface area (Å²) in [6, 6.07) is 32.7. The van der Waals surface area contributed by atoms with Gasteiger partial charge in [0.15, 0.2) is 0 Å². The standard InChI is InChI=1S/C27H24N2O/c28-27(23-8-2-1-3-9-23)18-25(27)21-12-14-24(15-13-21)29-26(30)17-19-10-11-20-6-4-5-7-22(20)16-19/h1-16,25H,17-18,28H2,(H,29,30). The lowest BCUT2D eigenvalue weighted by molar-refractivity contribution is -0.115. The molecule has 0 saturated heterocycles. The molecular weight excluding hydrogens is 368 g/mol. The summed E-state index contributed by atoms with van der Waals surface area (Å²) in [6.45, 7) is 0. The highest BCUT2D eigenvalue weighted by atomic mass is 16.1. The van der Waals surface area contributed by atoms with Crippen molar-refractivity contribution in [2.24, 2.45) is 5.73 Å². The first-order valence-corrected chi connectivity index (χ1v) is 10.3. The first kappa shape index (κ1) is 18.6.